The van der Waals surface area contributed by atoms with E-state index in [0.29, 0.717) is 24.2 Å². The smallest absolute Gasteiger partial charge is 0.407 e. The minimum atomic E-state index is -0.523. The van der Waals surface area contributed by atoms with Crippen molar-refractivity contribution in [1.29, 1.82) is 0 Å². The highest BCUT2D eigenvalue weighted by Crippen LogP contribution is 2.15. The third-order valence-corrected chi connectivity index (χ3v) is 3.20. The van der Waals surface area contributed by atoms with Crippen LogP contribution < -0.4 is 5.32 Å². The molecule has 23 heavy (non-hydrogen) atoms. The van der Waals surface area contributed by atoms with E-state index in [2.05, 4.69) is 10.3 Å². The second kappa shape index (κ2) is 6.81. The fourth-order valence-corrected chi connectivity index (χ4v) is 2.08. The highest BCUT2D eigenvalue weighted by atomic mass is 19.1. The Kier molecular flexibility index (Phi) is 5.03. The summed E-state index contributed by atoms with van der Waals surface area (Å²) in [5.74, 6) is -0.256. The van der Waals surface area contributed by atoms with Crippen molar-refractivity contribution >= 4 is 6.09 Å². The lowest BCUT2D eigenvalue weighted by Gasteiger charge is -2.19. The van der Waals surface area contributed by atoms with Crippen molar-refractivity contribution in [1.82, 2.24) is 14.9 Å². The van der Waals surface area contributed by atoms with Crippen LogP contribution in [0.3, 0.4) is 0 Å². The number of rotatable bonds is 4. The molecule has 2 aromatic rings. The van der Waals surface area contributed by atoms with E-state index >= 15 is 0 Å². The van der Waals surface area contributed by atoms with E-state index in [9.17, 15) is 9.18 Å². The number of nitrogens with one attached hydrogen (secondary N) is 1. The molecule has 0 saturated heterocycles. The molecular weight excluding hydrogens is 297 g/mol. The first kappa shape index (κ1) is 17.0. The van der Waals surface area contributed by atoms with Crippen LogP contribution in [0.1, 0.15) is 32.0 Å². The SMILES string of the molecule is Cc1ccc(-n2cncc2CCNC(=O)OC(C)(C)C)cc1F. The number of benzene rings is 1. The molecule has 2 rings (SSSR count). The number of hydrogen-bond donors (Lipinski definition) is 1. The zero-order chi connectivity index (χ0) is 17.0. The van der Waals surface area contributed by atoms with Crippen molar-refractivity contribution in [3.63, 3.8) is 0 Å². The third-order valence-electron chi connectivity index (χ3n) is 3.20. The van der Waals surface area contributed by atoms with Gasteiger partial charge >= 0.3 is 6.09 Å². The molecule has 0 unspecified atom stereocenters. The Morgan fingerprint density at radius 1 is 1.39 bits per heavy atom. The first-order chi connectivity index (χ1) is 10.8. The number of hydrogen-bond acceptors (Lipinski definition) is 3. The third kappa shape index (κ3) is 4.81. The molecule has 124 valence electrons. The zero-order valence-corrected chi connectivity index (χ0v) is 13.9. The number of carbonyl (C=O) groups is 1. The number of halogens is 1. The molecule has 0 fully saturated rings. The van der Waals surface area contributed by atoms with E-state index < -0.39 is 11.7 Å². The maximum atomic E-state index is 13.7. The van der Waals surface area contributed by atoms with Crippen LogP contribution >= 0.6 is 0 Å². The molecule has 1 aromatic carbocycles. The Hall–Kier alpha value is -2.37. The lowest BCUT2D eigenvalue weighted by atomic mass is 10.2. The van der Waals surface area contributed by atoms with Crippen molar-refractivity contribution < 1.29 is 13.9 Å². The van der Waals surface area contributed by atoms with Gasteiger partial charge in [-0.3, -0.25) is 0 Å². The molecule has 0 atom stereocenters. The number of alkyl carbamates (subject to hydrolysis) is 1. The van der Waals surface area contributed by atoms with Gasteiger partial charge in [-0.1, -0.05) is 6.07 Å². The van der Waals surface area contributed by atoms with Crippen LogP contribution in [-0.2, 0) is 11.2 Å². The summed E-state index contributed by atoms with van der Waals surface area (Å²) in [6.45, 7) is 7.57. The first-order valence-electron chi connectivity index (χ1n) is 7.51. The Morgan fingerprint density at radius 3 is 2.78 bits per heavy atom. The summed E-state index contributed by atoms with van der Waals surface area (Å²) in [5.41, 5.74) is 1.66. The van der Waals surface area contributed by atoms with Gasteiger partial charge in [0.05, 0.1) is 6.33 Å². The van der Waals surface area contributed by atoms with Gasteiger partial charge in [-0.2, -0.15) is 0 Å². The van der Waals surface area contributed by atoms with E-state index in [1.165, 1.54) is 6.07 Å². The lowest BCUT2D eigenvalue weighted by molar-refractivity contribution is 0.0528. The zero-order valence-electron chi connectivity index (χ0n) is 13.9. The van der Waals surface area contributed by atoms with Crippen LogP contribution in [0.25, 0.3) is 5.69 Å². The molecule has 0 aliphatic carbocycles. The van der Waals surface area contributed by atoms with Gasteiger partial charge in [0.2, 0.25) is 0 Å². The van der Waals surface area contributed by atoms with Crippen LogP contribution in [0, 0.1) is 12.7 Å². The van der Waals surface area contributed by atoms with Gasteiger partial charge in [-0.25, -0.2) is 14.2 Å². The second-order valence-electron chi connectivity index (χ2n) is 6.37. The Balaban J connectivity index is 1.99. The monoisotopic (exact) mass is 319 g/mol. The minimum absolute atomic E-state index is 0.256. The Bertz CT molecular complexity index is 689. The normalized spacial score (nSPS) is 11.3. The van der Waals surface area contributed by atoms with Crippen molar-refractivity contribution in [3.05, 3.63) is 47.8 Å². The molecule has 1 N–H and O–H groups in total. The molecule has 0 radical (unpaired) electrons. The molecule has 5 nitrogen and oxygen atoms in total. The summed E-state index contributed by atoms with van der Waals surface area (Å²) in [7, 11) is 0. The number of carbonyl (C=O) groups excluding carboxylic acids is 1. The summed E-state index contributed by atoms with van der Waals surface area (Å²) < 4.78 is 20.7. The van der Waals surface area contributed by atoms with Gasteiger partial charge in [-0.05, 0) is 45.4 Å². The molecular formula is C17H22FN3O2. The molecule has 0 saturated carbocycles. The predicted molar refractivity (Wildman–Crippen MR) is 86.2 cm³/mol. The molecule has 1 aromatic heterocycles. The van der Waals surface area contributed by atoms with Gasteiger partial charge in [-0.15, -0.1) is 0 Å². The predicted octanol–water partition coefficient (Wildman–Crippen LogP) is 3.39. The van der Waals surface area contributed by atoms with Gasteiger partial charge < -0.3 is 14.6 Å². The van der Waals surface area contributed by atoms with E-state index in [0.717, 1.165) is 5.69 Å². The molecule has 0 aliphatic heterocycles. The first-order valence-corrected chi connectivity index (χ1v) is 7.51. The highest BCUT2D eigenvalue weighted by Gasteiger charge is 2.15. The van der Waals surface area contributed by atoms with Crippen molar-refractivity contribution in [2.45, 2.75) is 39.7 Å². The largest absolute Gasteiger partial charge is 0.444 e. The van der Waals surface area contributed by atoms with Crippen molar-refractivity contribution in [2.24, 2.45) is 0 Å². The highest BCUT2D eigenvalue weighted by molar-refractivity contribution is 5.67. The maximum Gasteiger partial charge on any atom is 0.407 e. The van der Waals surface area contributed by atoms with E-state index in [1.807, 2.05) is 26.8 Å². The summed E-state index contributed by atoms with van der Waals surface area (Å²) in [4.78, 5) is 15.7. The van der Waals surface area contributed by atoms with E-state index in [-0.39, 0.29) is 5.82 Å². The summed E-state index contributed by atoms with van der Waals surface area (Å²) in [5, 5.41) is 2.70. The number of imidazole rings is 1. The molecule has 1 amide bonds. The fourth-order valence-electron chi connectivity index (χ4n) is 2.08. The van der Waals surface area contributed by atoms with Gasteiger partial charge in [0.25, 0.3) is 0 Å². The van der Waals surface area contributed by atoms with Gasteiger partial charge in [0.15, 0.2) is 0 Å². The van der Waals surface area contributed by atoms with Crippen molar-refractivity contribution in [2.75, 3.05) is 6.54 Å². The Morgan fingerprint density at radius 2 is 2.13 bits per heavy atom. The molecule has 6 heteroatoms. The van der Waals surface area contributed by atoms with Crippen LogP contribution in [0.15, 0.2) is 30.7 Å². The molecule has 0 spiro atoms. The van der Waals surface area contributed by atoms with Gasteiger partial charge in [0.1, 0.15) is 11.4 Å². The summed E-state index contributed by atoms with van der Waals surface area (Å²) in [6, 6.07) is 5.04. The molecule has 0 bridgehead atoms. The lowest BCUT2D eigenvalue weighted by Crippen LogP contribution is -2.33. The summed E-state index contributed by atoms with van der Waals surface area (Å²) in [6.07, 6.45) is 3.45. The number of aryl methyl sites for hydroxylation is 1. The van der Waals surface area contributed by atoms with E-state index in [4.69, 9.17) is 4.74 Å². The number of nitrogens with zero attached hydrogens (tertiary/aromatic N) is 2. The standard InChI is InChI=1S/C17H22FN3O2/c1-12-5-6-13(9-15(12)18)21-11-19-10-14(21)7-8-20-16(22)23-17(2,3)4/h5-6,9-11H,7-8H2,1-4H3,(H,20,22). The minimum Gasteiger partial charge on any atom is -0.444 e. The summed E-state index contributed by atoms with van der Waals surface area (Å²) >= 11 is 0. The van der Waals surface area contributed by atoms with Crippen LogP contribution in [0.4, 0.5) is 9.18 Å². The van der Waals surface area contributed by atoms with Crippen LogP contribution in [0.2, 0.25) is 0 Å². The number of amides is 1. The van der Waals surface area contributed by atoms with Gasteiger partial charge in [0, 0.05) is 30.5 Å². The average molecular weight is 319 g/mol. The fraction of sp³-hybridized carbons (Fsp3) is 0.412. The molecule has 1 heterocycles. The quantitative estimate of drug-likeness (QED) is 0.940. The topological polar surface area (TPSA) is 56.2 Å². The van der Waals surface area contributed by atoms with E-state index in [1.54, 1.807) is 30.1 Å². The van der Waals surface area contributed by atoms with Crippen LogP contribution in [0.5, 0.6) is 0 Å². The maximum absolute atomic E-state index is 13.7. The van der Waals surface area contributed by atoms with Crippen LogP contribution in [-0.4, -0.2) is 27.8 Å². The second-order valence-corrected chi connectivity index (χ2v) is 6.37. The molecule has 0 aliphatic rings. The van der Waals surface area contributed by atoms with Crippen molar-refractivity contribution in [3.8, 4) is 5.69 Å². The number of aromatic nitrogens is 2. The Labute approximate surface area is 135 Å². The average Bonchev–Trinajstić information content (AvgIpc) is 2.88. The number of ether oxygens (including phenoxy) is 1.